The van der Waals surface area contributed by atoms with E-state index in [1.54, 1.807) is 11.6 Å². The van der Waals surface area contributed by atoms with Crippen LogP contribution in [0.4, 0.5) is 18.9 Å². The summed E-state index contributed by atoms with van der Waals surface area (Å²) in [5, 5.41) is 14.4. The third kappa shape index (κ3) is 7.70. The monoisotopic (exact) mass is 890 g/mol. The predicted molar refractivity (Wildman–Crippen MR) is 234 cm³/mol. The van der Waals surface area contributed by atoms with Crippen LogP contribution in [0.3, 0.4) is 0 Å². The molecule has 6 aromatic rings. The van der Waals surface area contributed by atoms with Gasteiger partial charge in [0.15, 0.2) is 23.2 Å². The highest BCUT2D eigenvalue weighted by Gasteiger charge is 2.50. The number of nitrogens with zero attached hydrogens (tertiary/aromatic N) is 8. The average Bonchev–Trinajstić information content (AvgIpc) is 3.87. The summed E-state index contributed by atoms with van der Waals surface area (Å²) in [5.41, 5.74) is 4.90. The van der Waals surface area contributed by atoms with Crippen LogP contribution < -0.4 is 21.2 Å². The van der Waals surface area contributed by atoms with E-state index < -0.39 is 46.6 Å². The van der Waals surface area contributed by atoms with E-state index in [1.165, 1.54) is 4.57 Å². The van der Waals surface area contributed by atoms with Crippen molar-refractivity contribution in [2.75, 3.05) is 44.2 Å². The minimum absolute atomic E-state index is 0.108. The molecule has 5 fully saturated rings. The van der Waals surface area contributed by atoms with Crippen LogP contribution in [-0.2, 0) is 28.5 Å². The Kier molecular flexibility index (Phi) is 10.7. The molecule has 2 saturated heterocycles. The first kappa shape index (κ1) is 42.4. The number of phenols is 1. The Morgan fingerprint density at radius 2 is 1.66 bits per heavy atom. The van der Waals surface area contributed by atoms with Gasteiger partial charge in [-0.05, 0) is 106 Å². The zero-order valence-corrected chi connectivity index (χ0v) is 36.0. The van der Waals surface area contributed by atoms with Crippen LogP contribution in [0.25, 0.3) is 28.1 Å². The molecule has 18 heteroatoms. The minimum atomic E-state index is -1.78. The van der Waals surface area contributed by atoms with E-state index in [0.717, 1.165) is 118 Å². The predicted octanol–water partition coefficient (Wildman–Crippen LogP) is 5.32. The van der Waals surface area contributed by atoms with Crippen molar-refractivity contribution in [3.05, 3.63) is 106 Å². The van der Waals surface area contributed by atoms with Gasteiger partial charge in [-0.2, -0.15) is 4.39 Å². The molecule has 2 aliphatic heterocycles. The molecule has 3 N–H and O–H groups in total. The first-order valence-electron chi connectivity index (χ1n) is 22.3. The summed E-state index contributed by atoms with van der Waals surface area (Å²) in [4.78, 5) is 69.5. The number of carbonyl (C=O) groups excluding carboxylic acids is 3. The number of nitrogens with one attached hydrogen (secondary N) is 2. The molecule has 3 aliphatic carbocycles. The zero-order valence-electron chi connectivity index (χ0n) is 36.0. The number of pyridine rings is 1. The quantitative estimate of drug-likeness (QED) is 0.114. The number of fused-ring (bicyclic) bond motifs is 5. The standard InChI is InChI=1S/C47H49F3N10O5/c1-56-35-21-28(4-5-33(35)60(45(56)65)34-6-7-38(61)55-44(34)64)3-2-15-57-17-19-58(20-18-57)30-24-51-42(52-25-30)29-8-16-59-26-36(54-37(59)22-29)47-12-9-46(10-13-47,11-14-47)27-53-43(63)31-23-32(48)41(62)40(50)39(31)49/h4-5,8,16,21-26,34,62H,2-3,6-7,9-15,17-20,27H2,1H3,(H,53,63)(H,55,61,64)/t34-,46?,47?/m1/s1. The molecule has 65 heavy (non-hydrogen) atoms. The van der Waals surface area contributed by atoms with Gasteiger partial charge in [0.2, 0.25) is 17.6 Å². The largest absolute Gasteiger partial charge is 0.503 e. The number of imide groups is 1. The molecule has 1 atom stereocenters. The number of piperidine rings is 1. The number of imidazole rings is 2. The summed E-state index contributed by atoms with van der Waals surface area (Å²) < 4.78 is 47.2. The van der Waals surface area contributed by atoms with Gasteiger partial charge in [0.05, 0.1) is 40.4 Å². The lowest BCUT2D eigenvalue weighted by molar-refractivity contribution is -0.135. The van der Waals surface area contributed by atoms with Gasteiger partial charge in [-0.25, -0.2) is 28.5 Å². The van der Waals surface area contributed by atoms with E-state index in [2.05, 4.69) is 26.6 Å². The van der Waals surface area contributed by atoms with Crippen LogP contribution >= 0.6 is 0 Å². The van der Waals surface area contributed by atoms with E-state index in [9.17, 15) is 37.5 Å². The molecule has 6 heterocycles. The smallest absolute Gasteiger partial charge is 0.329 e. The molecule has 338 valence electrons. The number of carbonyl (C=O) groups is 3. The van der Waals surface area contributed by atoms with Crippen LogP contribution in [0.15, 0.2) is 66.0 Å². The highest BCUT2D eigenvalue weighted by Crippen LogP contribution is 2.57. The number of phenolic OH excluding ortho intramolecular Hbond substituents is 1. The number of aryl methyl sites for hydroxylation is 2. The van der Waals surface area contributed by atoms with Crippen LogP contribution in [0.2, 0.25) is 0 Å². The van der Waals surface area contributed by atoms with Crippen molar-refractivity contribution in [2.45, 2.75) is 75.7 Å². The normalized spacial score (nSPS) is 22.5. The summed E-state index contributed by atoms with van der Waals surface area (Å²) in [6.07, 6.45) is 15.2. The lowest BCUT2D eigenvalue weighted by Gasteiger charge is -2.53. The summed E-state index contributed by atoms with van der Waals surface area (Å²) in [7, 11) is 1.71. The van der Waals surface area contributed by atoms with Crippen LogP contribution in [0, 0.1) is 22.9 Å². The van der Waals surface area contributed by atoms with Gasteiger partial charge in [0.1, 0.15) is 11.7 Å². The third-order valence-electron chi connectivity index (χ3n) is 14.7. The number of piperazine rings is 1. The fraction of sp³-hybridized carbons (Fsp3) is 0.426. The highest BCUT2D eigenvalue weighted by molar-refractivity contribution is 6.00. The third-order valence-corrected chi connectivity index (χ3v) is 14.7. The molecule has 0 spiro atoms. The maximum Gasteiger partial charge on any atom is 0.329 e. The first-order valence-corrected chi connectivity index (χ1v) is 22.3. The molecule has 3 saturated carbocycles. The maximum atomic E-state index is 14.3. The SMILES string of the molecule is Cn1c(=O)n([C@@H]2CCC(=O)NC2=O)c2ccc(CCCN3CCN(c4cnc(-c5ccn6cc(C78CCC(CNC(=O)c9cc(F)c(O)c(F)c9F)(CC7)CC8)nc6c5)nc4)CC3)cc21. The van der Waals surface area contributed by atoms with Crippen molar-refractivity contribution in [3.8, 4) is 17.1 Å². The summed E-state index contributed by atoms with van der Waals surface area (Å²) >= 11 is 0. The van der Waals surface area contributed by atoms with Crippen LogP contribution in [0.1, 0.15) is 85.4 Å². The van der Waals surface area contributed by atoms with Crippen molar-refractivity contribution >= 4 is 40.1 Å². The summed E-state index contributed by atoms with van der Waals surface area (Å²) in [6, 6.07) is 9.77. The van der Waals surface area contributed by atoms with Crippen molar-refractivity contribution < 1.29 is 32.7 Å². The van der Waals surface area contributed by atoms with Crippen molar-refractivity contribution in [1.82, 2.24) is 44.0 Å². The fourth-order valence-electron chi connectivity index (χ4n) is 10.6. The summed E-state index contributed by atoms with van der Waals surface area (Å²) in [5.74, 6) is -7.24. The number of halogens is 3. The molecular weight excluding hydrogens is 842 g/mol. The van der Waals surface area contributed by atoms with Crippen molar-refractivity contribution in [1.29, 1.82) is 0 Å². The number of aromatic hydroxyl groups is 1. The average molecular weight is 891 g/mol. The molecule has 11 rings (SSSR count). The van der Waals surface area contributed by atoms with Gasteiger partial charge >= 0.3 is 5.69 Å². The molecule has 2 bridgehead atoms. The Balaban J connectivity index is 0.711. The molecule has 4 aromatic heterocycles. The lowest BCUT2D eigenvalue weighted by atomic mass is 9.53. The van der Waals surface area contributed by atoms with E-state index in [0.29, 0.717) is 23.8 Å². The topological polar surface area (TPSA) is 172 Å². The Bertz CT molecular complexity index is 2910. The van der Waals surface area contributed by atoms with E-state index in [1.807, 2.05) is 53.3 Å². The first-order chi connectivity index (χ1) is 31.3. The van der Waals surface area contributed by atoms with Crippen molar-refractivity contribution in [3.63, 3.8) is 0 Å². The van der Waals surface area contributed by atoms with Gasteiger partial charge in [-0.1, -0.05) is 6.07 Å². The van der Waals surface area contributed by atoms with Gasteiger partial charge in [-0.3, -0.25) is 33.7 Å². The number of benzene rings is 2. The van der Waals surface area contributed by atoms with E-state index in [-0.39, 0.29) is 35.4 Å². The Hall–Kier alpha value is -6.56. The number of amides is 3. The number of rotatable bonds is 11. The van der Waals surface area contributed by atoms with Gasteiger partial charge in [0, 0.05) is 69.6 Å². The maximum absolute atomic E-state index is 14.3. The number of aromatic nitrogens is 6. The minimum Gasteiger partial charge on any atom is -0.503 e. The van der Waals surface area contributed by atoms with E-state index in [4.69, 9.17) is 15.0 Å². The second-order valence-corrected chi connectivity index (χ2v) is 18.4. The molecular formula is C47H49F3N10O5. The Morgan fingerprint density at radius 1 is 0.923 bits per heavy atom. The molecule has 3 amide bonds. The second kappa shape index (κ2) is 16.5. The molecule has 5 aliphatic rings. The Labute approximate surface area is 371 Å². The second-order valence-electron chi connectivity index (χ2n) is 18.4. The van der Waals surface area contributed by atoms with Gasteiger partial charge in [-0.15, -0.1) is 0 Å². The molecule has 0 radical (unpaired) electrons. The molecule has 0 unspecified atom stereocenters. The van der Waals surface area contributed by atoms with Crippen LogP contribution in [-0.4, -0.2) is 95.5 Å². The van der Waals surface area contributed by atoms with Crippen molar-refractivity contribution in [2.24, 2.45) is 12.5 Å². The highest BCUT2D eigenvalue weighted by atomic mass is 19.2. The number of anilines is 1. The van der Waals surface area contributed by atoms with Crippen LogP contribution in [0.5, 0.6) is 5.75 Å². The molecule has 15 nitrogen and oxygen atoms in total. The van der Waals surface area contributed by atoms with Gasteiger partial charge < -0.3 is 19.7 Å². The summed E-state index contributed by atoms with van der Waals surface area (Å²) in [6.45, 7) is 4.73. The number of hydrogen-bond donors (Lipinski definition) is 3. The zero-order chi connectivity index (χ0) is 45.2. The van der Waals surface area contributed by atoms with Gasteiger partial charge in [0.25, 0.3) is 5.91 Å². The number of hydrogen-bond acceptors (Lipinski definition) is 10. The lowest BCUT2D eigenvalue weighted by Crippen LogP contribution is -2.49. The Morgan fingerprint density at radius 3 is 2.38 bits per heavy atom. The van der Waals surface area contributed by atoms with E-state index >= 15 is 0 Å². The molecule has 2 aromatic carbocycles. The fourth-order valence-corrected chi connectivity index (χ4v) is 10.6.